The minimum Gasteiger partial charge on any atom is -0.395 e. The summed E-state index contributed by atoms with van der Waals surface area (Å²) in [6.45, 7) is 3.61. The number of hydrogen-bond donors (Lipinski definition) is 1. The van der Waals surface area contributed by atoms with Gasteiger partial charge >= 0.3 is 0 Å². The number of hydrogen-bond acceptors (Lipinski definition) is 3. The summed E-state index contributed by atoms with van der Waals surface area (Å²) < 4.78 is 0. The van der Waals surface area contributed by atoms with Gasteiger partial charge in [-0.15, -0.1) is 0 Å². The zero-order valence-corrected chi connectivity index (χ0v) is 8.78. The van der Waals surface area contributed by atoms with E-state index in [1.807, 2.05) is 6.92 Å². The van der Waals surface area contributed by atoms with E-state index in [9.17, 15) is 4.79 Å². The highest BCUT2D eigenvalue weighted by Crippen LogP contribution is 2.15. The zero-order chi connectivity index (χ0) is 10.4. The Bertz CT molecular complexity index is 213. The molecular formula is C11H19NO2. The number of carbonyl (C=O) groups excluding carboxylic acids is 1. The van der Waals surface area contributed by atoms with Crippen molar-refractivity contribution in [1.82, 2.24) is 4.90 Å². The maximum Gasteiger partial charge on any atom is 0.134 e. The van der Waals surface area contributed by atoms with Crippen molar-refractivity contribution in [2.75, 3.05) is 19.7 Å². The Balaban J connectivity index is 2.46. The maximum atomic E-state index is 11.3. The molecule has 1 aliphatic rings. The van der Waals surface area contributed by atoms with Crippen molar-refractivity contribution in [2.45, 2.75) is 32.2 Å². The van der Waals surface area contributed by atoms with Crippen LogP contribution in [0.2, 0.25) is 0 Å². The van der Waals surface area contributed by atoms with Crippen LogP contribution in [0.1, 0.15) is 26.2 Å². The summed E-state index contributed by atoms with van der Waals surface area (Å²) in [5, 5.41) is 8.88. The lowest BCUT2D eigenvalue weighted by atomic mass is 10.0. The van der Waals surface area contributed by atoms with Crippen LogP contribution in [0.4, 0.5) is 0 Å². The Kier molecular flexibility index (Phi) is 4.84. The molecule has 0 aromatic rings. The Labute approximate surface area is 85.4 Å². The maximum absolute atomic E-state index is 11.3. The first-order valence-corrected chi connectivity index (χ1v) is 5.29. The van der Waals surface area contributed by atoms with E-state index in [1.54, 1.807) is 0 Å². The lowest BCUT2D eigenvalue weighted by molar-refractivity contribution is -0.120. The van der Waals surface area contributed by atoms with E-state index in [2.05, 4.69) is 17.1 Å². The third kappa shape index (κ3) is 3.24. The fraction of sp³-hybridized carbons (Fsp3) is 0.727. The molecule has 0 saturated carbocycles. The second-order valence-corrected chi connectivity index (χ2v) is 3.68. The second kappa shape index (κ2) is 5.94. The van der Waals surface area contributed by atoms with Crippen LogP contribution in [0, 0.1) is 0 Å². The van der Waals surface area contributed by atoms with Gasteiger partial charge in [-0.3, -0.25) is 9.69 Å². The second-order valence-electron chi connectivity index (χ2n) is 3.68. The summed E-state index contributed by atoms with van der Waals surface area (Å²) in [6, 6.07) is 0.305. The van der Waals surface area contributed by atoms with Crippen LogP contribution in [-0.4, -0.2) is 41.5 Å². The molecule has 0 aromatic carbocycles. The number of ketones is 1. The quantitative estimate of drug-likeness (QED) is 0.668. The van der Waals surface area contributed by atoms with Gasteiger partial charge in [-0.05, 0) is 6.42 Å². The topological polar surface area (TPSA) is 40.5 Å². The molecule has 3 heteroatoms. The third-order valence-electron chi connectivity index (χ3n) is 2.68. The first kappa shape index (κ1) is 11.4. The van der Waals surface area contributed by atoms with Crippen molar-refractivity contribution in [1.29, 1.82) is 0 Å². The molecule has 1 rings (SSSR count). The van der Waals surface area contributed by atoms with Gasteiger partial charge in [0.15, 0.2) is 0 Å². The fourth-order valence-electron chi connectivity index (χ4n) is 1.78. The van der Waals surface area contributed by atoms with Crippen molar-refractivity contribution in [3.8, 4) is 0 Å². The average Bonchev–Trinajstić information content (AvgIpc) is 2.21. The first-order chi connectivity index (χ1) is 6.77. The number of β-amino-alcohol motifs (C(OH)–C–C–N with tert-alkyl or cyclic N) is 1. The van der Waals surface area contributed by atoms with Crippen LogP contribution >= 0.6 is 0 Å². The molecule has 0 amide bonds. The fourth-order valence-corrected chi connectivity index (χ4v) is 1.78. The molecule has 1 N–H and O–H groups in total. The van der Waals surface area contributed by atoms with Crippen molar-refractivity contribution in [3.63, 3.8) is 0 Å². The number of aliphatic hydroxyl groups is 1. The van der Waals surface area contributed by atoms with E-state index < -0.39 is 0 Å². The van der Waals surface area contributed by atoms with E-state index in [0.717, 1.165) is 13.0 Å². The highest BCUT2D eigenvalue weighted by Gasteiger charge is 2.20. The molecule has 1 heterocycles. The molecule has 1 atom stereocenters. The van der Waals surface area contributed by atoms with Gasteiger partial charge in [-0.25, -0.2) is 0 Å². The Morgan fingerprint density at radius 3 is 3.00 bits per heavy atom. The van der Waals surface area contributed by atoms with Crippen LogP contribution in [0.5, 0.6) is 0 Å². The number of rotatable bonds is 5. The van der Waals surface area contributed by atoms with E-state index >= 15 is 0 Å². The smallest absolute Gasteiger partial charge is 0.134 e. The molecule has 14 heavy (non-hydrogen) atoms. The highest BCUT2D eigenvalue weighted by molar-refractivity contribution is 5.78. The molecular weight excluding hydrogens is 178 g/mol. The Morgan fingerprint density at radius 2 is 2.36 bits per heavy atom. The van der Waals surface area contributed by atoms with Crippen LogP contribution in [0.15, 0.2) is 12.2 Å². The zero-order valence-electron chi connectivity index (χ0n) is 8.78. The normalized spacial score (nSPS) is 22.6. The molecule has 80 valence electrons. The lowest BCUT2D eigenvalue weighted by Crippen LogP contribution is -2.40. The van der Waals surface area contributed by atoms with Crippen molar-refractivity contribution < 1.29 is 9.90 Å². The summed E-state index contributed by atoms with van der Waals surface area (Å²) in [7, 11) is 0. The number of nitrogens with zero attached hydrogens (tertiary/aromatic N) is 1. The van der Waals surface area contributed by atoms with Gasteiger partial charge < -0.3 is 5.11 Å². The predicted molar refractivity (Wildman–Crippen MR) is 56.1 cm³/mol. The summed E-state index contributed by atoms with van der Waals surface area (Å²) in [5.74, 6) is 0.313. The largest absolute Gasteiger partial charge is 0.395 e. The molecule has 1 aliphatic heterocycles. The number of carbonyl (C=O) groups is 1. The van der Waals surface area contributed by atoms with Crippen molar-refractivity contribution >= 4 is 5.78 Å². The number of aliphatic hydroxyl groups excluding tert-OH is 1. The van der Waals surface area contributed by atoms with Gasteiger partial charge in [0, 0.05) is 32.0 Å². The van der Waals surface area contributed by atoms with E-state index in [-0.39, 0.29) is 6.61 Å². The molecule has 1 unspecified atom stereocenters. The van der Waals surface area contributed by atoms with Gasteiger partial charge in [0.05, 0.1) is 6.61 Å². The van der Waals surface area contributed by atoms with Crippen LogP contribution < -0.4 is 0 Å². The van der Waals surface area contributed by atoms with Gasteiger partial charge in [-0.1, -0.05) is 19.1 Å². The van der Waals surface area contributed by atoms with Gasteiger partial charge in [0.2, 0.25) is 0 Å². The van der Waals surface area contributed by atoms with Crippen molar-refractivity contribution in [3.05, 3.63) is 12.2 Å². The van der Waals surface area contributed by atoms with Crippen LogP contribution in [0.25, 0.3) is 0 Å². The predicted octanol–water partition coefficient (Wildman–Crippen LogP) is 0.978. The van der Waals surface area contributed by atoms with Crippen LogP contribution in [0.3, 0.4) is 0 Å². The molecule has 0 saturated heterocycles. The molecule has 0 aromatic heterocycles. The minimum absolute atomic E-state index is 0.171. The molecule has 0 spiro atoms. The minimum atomic E-state index is 0.171. The summed E-state index contributed by atoms with van der Waals surface area (Å²) >= 11 is 0. The first-order valence-electron chi connectivity index (χ1n) is 5.29. The SMILES string of the molecule is CCC(=O)CC1CC=CCN1CCO. The Hall–Kier alpha value is -0.670. The van der Waals surface area contributed by atoms with Gasteiger partial charge in [-0.2, -0.15) is 0 Å². The monoisotopic (exact) mass is 197 g/mol. The van der Waals surface area contributed by atoms with E-state index in [0.29, 0.717) is 31.2 Å². The molecule has 0 bridgehead atoms. The molecule has 0 fully saturated rings. The highest BCUT2D eigenvalue weighted by atomic mass is 16.3. The summed E-state index contributed by atoms with van der Waals surface area (Å²) in [6.07, 6.45) is 6.41. The standard InChI is InChI=1S/C11H19NO2/c1-2-11(14)9-10-5-3-4-6-12(10)7-8-13/h3-4,10,13H,2,5-9H2,1H3. The van der Waals surface area contributed by atoms with Crippen molar-refractivity contribution in [2.24, 2.45) is 0 Å². The number of Topliss-reactive ketones (excluding diaryl/α,β-unsaturated/α-hetero) is 1. The molecule has 0 radical (unpaired) electrons. The Morgan fingerprint density at radius 1 is 1.57 bits per heavy atom. The average molecular weight is 197 g/mol. The summed E-state index contributed by atoms with van der Waals surface area (Å²) in [4.78, 5) is 13.5. The van der Waals surface area contributed by atoms with E-state index in [1.165, 1.54) is 0 Å². The lowest BCUT2D eigenvalue weighted by Gasteiger charge is -2.31. The van der Waals surface area contributed by atoms with Gasteiger partial charge in [0.25, 0.3) is 0 Å². The third-order valence-corrected chi connectivity index (χ3v) is 2.68. The molecule has 0 aliphatic carbocycles. The van der Waals surface area contributed by atoms with Gasteiger partial charge in [0.1, 0.15) is 5.78 Å². The molecule has 3 nitrogen and oxygen atoms in total. The van der Waals surface area contributed by atoms with E-state index in [4.69, 9.17) is 5.11 Å². The summed E-state index contributed by atoms with van der Waals surface area (Å²) in [5.41, 5.74) is 0. The van der Waals surface area contributed by atoms with Crippen LogP contribution in [-0.2, 0) is 4.79 Å².